The molecule has 0 saturated heterocycles. The average molecular weight is 454 g/mol. The molecule has 0 atom stereocenters. The molecule has 11 heteroatoms. The summed E-state index contributed by atoms with van der Waals surface area (Å²) in [5, 5.41) is 0. The Hall–Kier alpha value is -3.50. The molecule has 4 heterocycles. The van der Waals surface area contributed by atoms with Crippen molar-refractivity contribution in [1.29, 1.82) is 0 Å². The lowest BCUT2D eigenvalue weighted by Gasteiger charge is -2.08. The van der Waals surface area contributed by atoms with Gasteiger partial charge in [-0.3, -0.25) is 13.9 Å². The Labute approximate surface area is 190 Å². The summed E-state index contributed by atoms with van der Waals surface area (Å²) in [6.07, 6.45) is 13.5. The van der Waals surface area contributed by atoms with Gasteiger partial charge in [-0.15, -0.1) is 0 Å². The van der Waals surface area contributed by atoms with E-state index < -0.39 is 0 Å². The number of unbranched alkanes of at least 4 members (excludes halogenated alkanes) is 7. The van der Waals surface area contributed by atoms with E-state index in [4.69, 9.17) is 5.73 Å². The first kappa shape index (κ1) is 22.7. The van der Waals surface area contributed by atoms with Crippen LogP contribution in [0.15, 0.2) is 28.6 Å². The zero-order valence-electron chi connectivity index (χ0n) is 19.3. The number of imidazole rings is 2. The molecule has 0 fully saturated rings. The van der Waals surface area contributed by atoms with Gasteiger partial charge in [0, 0.05) is 27.2 Å². The fourth-order valence-corrected chi connectivity index (χ4v) is 4.27. The van der Waals surface area contributed by atoms with Crippen LogP contribution in [0.1, 0.15) is 51.4 Å². The van der Waals surface area contributed by atoms with Gasteiger partial charge in [0.2, 0.25) is 0 Å². The summed E-state index contributed by atoms with van der Waals surface area (Å²) < 4.78 is 6.49. The van der Waals surface area contributed by atoms with E-state index in [0.29, 0.717) is 29.0 Å². The monoisotopic (exact) mass is 453 g/mol. The predicted octanol–water partition coefficient (Wildman–Crippen LogP) is 1.98. The molecule has 0 aliphatic heterocycles. The first-order valence-corrected chi connectivity index (χ1v) is 11.5. The van der Waals surface area contributed by atoms with E-state index in [9.17, 15) is 9.59 Å². The van der Waals surface area contributed by atoms with E-state index in [-0.39, 0.29) is 11.2 Å². The van der Waals surface area contributed by atoms with Gasteiger partial charge in [0.05, 0.1) is 12.7 Å². The van der Waals surface area contributed by atoms with Crippen molar-refractivity contribution in [3.8, 4) is 0 Å². The van der Waals surface area contributed by atoms with Crippen molar-refractivity contribution in [2.24, 2.45) is 14.1 Å². The molecule has 2 N–H and O–H groups in total. The fraction of sp³-hybridized carbons (Fsp3) is 0.545. The number of nitrogen functional groups attached to an aromatic ring is 1. The van der Waals surface area contributed by atoms with Crippen LogP contribution in [0.2, 0.25) is 0 Å². The van der Waals surface area contributed by atoms with Gasteiger partial charge in [0.15, 0.2) is 22.6 Å². The maximum atomic E-state index is 12.7. The standard InChI is InChI=1S/C22H31N9O2/c1-28-14-27-20-17(28)21(32)31(22(33)29(20)2)12-10-8-6-4-3-5-7-9-11-30-15-26-16-18(23)24-13-25-19(16)30/h13-15H,3-12H2,1-2H3,(H2,23,24,25). The van der Waals surface area contributed by atoms with Crippen molar-refractivity contribution < 1.29 is 0 Å². The largest absolute Gasteiger partial charge is 0.382 e. The van der Waals surface area contributed by atoms with Crippen molar-refractivity contribution in [2.45, 2.75) is 64.5 Å². The number of hydrogen-bond acceptors (Lipinski definition) is 7. The van der Waals surface area contributed by atoms with Crippen LogP contribution < -0.4 is 17.0 Å². The van der Waals surface area contributed by atoms with Gasteiger partial charge >= 0.3 is 5.69 Å². The maximum Gasteiger partial charge on any atom is 0.332 e. The Morgan fingerprint density at radius 3 is 2.18 bits per heavy atom. The topological polar surface area (TPSA) is 131 Å². The number of aromatic nitrogens is 8. The zero-order valence-corrected chi connectivity index (χ0v) is 19.3. The van der Waals surface area contributed by atoms with Gasteiger partial charge in [0.25, 0.3) is 5.56 Å². The molecule has 4 aromatic heterocycles. The molecule has 0 aliphatic rings. The van der Waals surface area contributed by atoms with Gasteiger partial charge in [-0.05, 0) is 12.8 Å². The smallest absolute Gasteiger partial charge is 0.332 e. The molecule has 0 aliphatic carbocycles. The second kappa shape index (κ2) is 9.97. The quantitative estimate of drug-likeness (QED) is 0.343. The number of hydrogen-bond donors (Lipinski definition) is 1. The Balaban J connectivity index is 1.14. The number of aryl methyl sites for hydroxylation is 3. The number of rotatable bonds is 11. The maximum absolute atomic E-state index is 12.7. The molecule has 0 saturated carbocycles. The van der Waals surface area contributed by atoms with Crippen LogP contribution in [0.4, 0.5) is 5.82 Å². The van der Waals surface area contributed by atoms with E-state index in [2.05, 4.69) is 19.9 Å². The first-order valence-electron chi connectivity index (χ1n) is 11.5. The van der Waals surface area contributed by atoms with Crippen molar-refractivity contribution in [3.63, 3.8) is 0 Å². The minimum atomic E-state index is -0.300. The lowest BCUT2D eigenvalue weighted by Crippen LogP contribution is -2.39. The van der Waals surface area contributed by atoms with Crippen LogP contribution in [0.3, 0.4) is 0 Å². The van der Waals surface area contributed by atoms with Gasteiger partial charge in [-0.25, -0.2) is 24.7 Å². The predicted molar refractivity (Wildman–Crippen MR) is 127 cm³/mol. The average Bonchev–Trinajstić information content (AvgIpc) is 3.40. The van der Waals surface area contributed by atoms with Crippen LogP contribution in [0.25, 0.3) is 22.3 Å². The second-order valence-corrected chi connectivity index (χ2v) is 8.52. The number of nitrogens with zero attached hydrogens (tertiary/aromatic N) is 8. The van der Waals surface area contributed by atoms with Crippen molar-refractivity contribution in [3.05, 3.63) is 39.8 Å². The Morgan fingerprint density at radius 2 is 1.45 bits per heavy atom. The van der Waals surface area contributed by atoms with Crippen molar-refractivity contribution in [1.82, 2.24) is 38.2 Å². The third-order valence-electron chi connectivity index (χ3n) is 6.16. The molecule has 11 nitrogen and oxygen atoms in total. The lowest BCUT2D eigenvalue weighted by atomic mass is 10.1. The van der Waals surface area contributed by atoms with Gasteiger partial charge in [-0.2, -0.15) is 0 Å². The molecule has 0 amide bonds. The Morgan fingerprint density at radius 1 is 0.788 bits per heavy atom. The molecule has 4 aromatic rings. The third-order valence-corrected chi connectivity index (χ3v) is 6.16. The van der Waals surface area contributed by atoms with Gasteiger partial charge in [-0.1, -0.05) is 38.5 Å². The summed E-state index contributed by atoms with van der Waals surface area (Å²) in [6.45, 7) is 1.32. The summed E-state index contributed by atoms with van der Waals surface area (Å²) in [6, 6.07) is 0. The molecule has 0 bridgehead atoms. The van der Waals surface area contributed by atoms with Gasteiger partial charge in [0.1, 0.15) is 11.8 Å². The highest BCUT2D eigenvalue weighted by atomic mass is 16.2. The zero-order chi connectivity index (χ0) is 23.4. The van der Waals surface area contributed by atoms with Crippen molar-refractivity contribution in [2.75, 3.05) is 5.73 Å². The molecule has 0 unspecified atom stereocenters. The van der Waals surface area contributed by atoms with Crippen LogP contribution in [-0.2, 0) is 27.2 Å². The van der Waals surface area contributed by atoms with E-state index in [1.54, 1.807) is 31.3 Å². The van der Waals surface area contributed by atoms with Crippen LogP contribution in [-0.4, -0.2) is 38.2 Å². The van der Waals surface area contributed by atoms with Crippen molar-refractivity contribution >= 4 is 28.1 Å². The molecule has 176 valence electrons. The number of nitrogens with two attached hydrogens (primary N) is 1. The molecule has 0 aromatic carbocycles. The molecular weight excluding hydrogens is 422 g/mol. The molecule has 4 rings (SSSR count). The summed E-state index contributed by atoms with van der Waals surface area (Å²) >= 11 is 0. The summed E-state index contributed by atoms with van der Waals surface area (Å²) in [7, 11) is 3.43. The minimum absolute atomic E-state index is 0.257. The molecule has 33 heavy (non-hydrogen) atoms. The summed E-state index contributed by atoms with van der Waals surface area (Å²) in [5.74, 6) is 0.418. The van der Waals surface area contributed by atoms with Gasteiger partial charge < -0.3 is 14.9 Å². The number of fused-ring (bicyclic) bond motifs is 2. The van der Waals surface area contributed by atoms with E-state index in [1.807, 2.05) is 4.57 Å². The van der Waals surface area contributed by atoms with Crippen LogP contribution >= 0.6 is 0 Å². The normalized spacial score (nSPS) is 11.7. The van der Waals surface area contributed by atoms with E-state index in [1.165, 1.54) is 28.3 Å². The Bertz CT molecular complexity index is 1360. The highest BCUT2D eigenvalue weighted by Crippen LogP contribution is 2.16. The highest BCUT2D eigenvalue weighted by molar-refractivity contribution is 5.81. The van der Waals surface area contributed by atoms with E-state index >= 15 is 0 Å². The SMILES string of the molecule is Cn1cnc2c1c(=O)n(CCCCCCCCCCn1cnc3c(N)ncnc31)c(=O)n2C. The van der Waals surface area contributed by atoms with Crippen LogP contribution in [0.5, 0.6) is 0 Å². The number of anilines is 1. The molecule has 0 radical (unpaired) electrons. The Kier molecular flexibility index (Phi) is 6.85. The minimum Gasteiger partial charge on any atom is -0.382 e. The summed E-state index contributed by atoms with van der Waals surface area (Å²) in [4.78, 5) is 41.9. The third kappa shape index (κ3) is 4.67. The van der Waals surface area contributed by atoms with E-state index in [0.717, 1.165) is 50.7 Å². The summed E-state index contributed by atoms with van der Waals surface area (Å²) in [5.41, 5.74) is 7.63. The van der Waals surface area contributed by atoms with Crippen LogP contribution in [0, 0.1) is 0 Å². The second-order valence-electron chi connectivity index (χ2n) is 8.52. The highest BCUT2D eigenvalue weighted by Gasteiger charge is 2.14. The molecule has 0 spiro atoms. The molecular formula is C22H31N9O2. The lowest BCUT2D eigenvalue weighted by molar-refractivity contribution is 0.511. The first-order chi connectivity index (χ1) is 16.0. The fourth-order valence-electron chi connectivity index (χ4n) is 4.27.